The summed E-state index contributed by atoms with van der Waals surface area (Å²) in [5.74, 6) is 0.772. The van der Waals surface area contributed by atoms with Crippen molar-refractivity contribution >= 4 is 11.6 Å². The molecule has 19 heavy (non-hydrogen) atoms. The molecule has 1 aliphatic rings. The second-order valence-corrected chi connectivity index (χ2v) is 5.80. The Morgan fingerprint density at radius 2 is 2.16 bits per heavy atom. The molecule has 0 fully saturated rings. The molecule has 1 unspecified atom stereocenters. The third-order valence-electron chi connectivity index (χ3n) is 4.15. The van der Waals surface area contributed by atoms with Crippen molar-refractivity contribution < 1.29 is 4.79 Å². The van der Waals surface area contributed by atoms with Crippen LogP contribution in [-0.4, -0.2) is 18.5 Å². The number of anilines is 1. The fraction of sp³-hybridized carbons (Fsp3) is 0.562. The van der Waals surface area contributed by atoms with Crippen LogP contribution in [0.25, 0.3) is 0 Å². The van der Waals surface area contributed by atoms with Crippen LogP contribution >= 0.6 is 0 Å². The minimum Gasteiger partial charge on any atom is -0.320 e. The van der Waals surface area contributed by atoms with E-state index in [-0.39, 0.29) is 11.8 Å². The van der Waals surface area contributed by atoms with E-state index in [9.17, 15) is 4.79 Å². The van der Waals surface area contributed by atoms with Gasteiger partial charge in [0.2, 0.25) is 5.91 Å². The van der Waals surface area contributed by atoms with Crippen molar-refractivity contribution in [3.63, 3.8) is 0 Å². The van der Waals surface area contributed by atoms with Crippen LogP contribution in [0.4, 0.5) is 5.69 Å². The van der Waals surface area contributed by atoms with Crippen LogP contribution in [0.15, 0.2) is 24.3 Å². The van der Waals surface area contributed by atoms with E-state index in [1.807, 2.05) is 30.0 Å². The van der Waals surface area contributed by atoms with Gasteiger partial charge in [0.05, 0.1) is 6.04 Å². The first-order valence-electron chi connectivity index (χ1n) is 7.19. The van der Waals surface area contributed by atoms with Crippen LogP contribution in [0.5, 0.6) is 0 Å². The van der Waals surface area contributed by atoms with Gasteiger partial charge in [-0.05, 0) is 29.9 Å². The van der Waals surface area contributed by atoms with Gasteiger partial charge in [0, 0.05) is 12.2 Å². The molecule has 1 aromatic carbocycles. The summed E-state index contributed by atoms with van der Waals surface area (Å²) in [4.78, 5) is 14.5. The smallest absolute Gasteiger partial charge is 0.244 e. The second kappa shape index (κ2) is 5.74. The van der Waals surface area contributed by atoms with Gasteiger partial charge in [0.1, 0.15) is 0 Å². The summed E-state index contributed by atoms with van der Waals surface area (Å²) >= 11 is 0. The second-order valence-electron chi connectivity index (χ2n) is 5.80. The minimum absolute atomic E-state index is 0.0633. The normalized spacial score (nSPS) is 21.7. The van der Waals surface area contributed by atoms with Gasteiger partial charge < -0.3 is 10.6 Å². The largest absolute Gasteiger partial charge is 0.320 e. The molecule has 2 rings (SSSR count). The number of amides is 1. The van der Waals surface area contributed by atoms with Crippen LogP contribution < -0.4 is 10.6 Å². The fourth-order valence-electron chi connectivity index (χ4n) is 2.68. The molecule has 104 valence electrons. The number of carbonyl (C=O) groups excluding carboxylic acids is 1. The lowest BCUT2D eigenvalue weighted by Crippen LogP contribution is -2.50. The van der Waals surface area contributed by atoms with E-state index in [0.717, 1.165) is 25.1 Å². The van der Waals surface area contributed by atoms with Crippen molar-refractivity contribution in [2.45, 2.75) is 39.7 Å². The highest BCUT2D eigenvalue weighted by Crippen LogP contribution is 2.30. The Morgan fingerprint density at radius 3 is 2.84 bits per heavy atom. The molecule has 1 amide bonds. The maximum absolute atomic E-state index is 12.6. The summed E-state index contributed by atoms with van der Waals surface area (Å²) in [6, 6.07) is 7.77. The van der Waals surface area contributed by atoms with Gasteiger partial charge in [-0.15, -0.1) is 0 Å². The number of fused-ring (bicyclic) bond motifs is 1. The first kappa shape index (κ1) is 14.1. The molecule has 0 saturated carbocycles. The third-order valence-corrected chi connectivity index (χ3v) is 4.15. The molecule has 1 heterocycles. The summed E-state index contributed by atoms with van der Waals surface area (Å²) in [6.45, 7) is 7.08. The molecule has 3 heteroatoms. The molecule has 0 spiro atoms. The Balaban J connectivity index is 2.27. The fourth-order valence-corrected chi connectivity index (χ4v) is 2.68. The average Bonchev–Trinajstić information content (AvgIpc) is 2.43. The number of benzene rings is 1. The first-order valence-corrected chi connectivity index (χ1v) is 7.19. The average molecular weight is 260 g/mol. The predicted octanol–water partition coefficient (Wildman–Crippen LogP) is 2.59. The van der Waals surface area contributed by atoms with Crippen molar-refractivity contribution in [2.24, 2.45) is 17.6 Å². The zero-order valence-corrected chi connectivity index (χ0v) is 12.1. The quantitative estimate of drug-likeness (QED) is 0.908. The predicted molar refractivity (Wildman–Crippen MR) is 79.1 cm³/mol. The summed E-state index contributed by atoms with van der Waals surface area (Å²) in [6.07, 6.45) is 1.97. The standard InChI is InChI=1S/C16H24N2O/c1-4-12(3)15(17)16(19)18-10-11(2)9-13-7-5-6-8-14(13)18/h5-8,11-12,15H,4,9-10,17H2,1-3H3/t11?,12-,15-/m0/s1. The first-order chi connectivity index (χ1) is 9.04. The van der Waals surface area contributed by atoms with Crippen molar-refractivity contribution in [2.75, 3.05) is 11.4 Å². The van der Waals surface area contributed by atoms with Crippen molar-refractivity contribution in [1.29, 1.82) is 0 Å². The van der Waals surface area contributed by atoms with E-state index in [0.29, 0.717) is 5.92 Å². The minimum atomic E-state index is -0.400. The highest BCUT2D eigenvalue weighted by molar-refractivity contribution is 5.98. The molecule has 0 saturated heterocycles. The summed E-state index contributed by atoms with van der Waals surface area (Å²) < 4.78 is 0. The lowest BCUT2D eigenvalue weighted by atomic mass is 9.92. The SMILES string of the molecule is CC[C@H](C)[C@H](N)C(=O)N1CC(C)Cc2ccccc21. The highest BCUT2D eigenvalue weighted by Gasteiger charge is 2.30. The molecule has 1 aliphatic heterocycles. The van der Waals surface area contributed by atoms with E-state index in [2.05, 4.69) is 19.9 Å². The van der Waals surface area contributed by atoms with Gasteiger partial charge in [-0.1, -0.05) is 45.4 Å². The van der Waals surface area contributed by atoms with Gasteiger partial charge in [0.15, 0.2) is 0 Å². The molecule has 0 bridgehead atoms. The molecule has 0 aromatic heterocycles. The number of nitrogens with zero attached hydrogens (tertiary/aromatic N) is 1. The van der Waals surface area contributed by atoms with Gasteiger partial charge in [-0.2, -0.15) is 0 Å². The van der Waals surface area contributed by atoms with E-state index in [1.165, 1.54) is 5.56 Å². The van der Waals surface area contributed by atoms with Gasteiger partial charge in [0.25, 0.3) is 0 Å². The molecular formula is C16H24N2O. The topological polar surface area (TPSA) is 46.3 Å². The Kier molecular flexibility index (Phi) is 4.25. The summed E-state index contributed by atoms with van der Waals surface area (Å²) in [5.41, 5.74) is 8.41. The number of hydrogen-bond donors (Lipinski definition) is 1. The van der Waals surface area contributed by atoms with Crippen LogP contribution in [0.3, 0.4) is 0 Å². The Hall–Kier alpha value is -1.35. The molecule has 0 aliphatic carbocycles. The van der Waals surface area contributed by atoms with Gasteiger partial charge in [-0.25, -0.2) is 0 Å². The van der Waals surface area contributed by atoms with Gasteiger partial charge in [-0.3, -0.25) is 4.79 Å². The van der Waals surface area contributed by atoms with Crippen LogP contribution in [-0.2, 0) is 11.2 Å². The highest BCUT2D eigenvalue weighted by atomic mass is 16.2. The van der Waals surface area contributed by atoms with Crippen molar-refractivity contribution in [3.05, 3.63) is 29.8 Å². The molecule has 3 atom stereocenters. The monoisotopic (exact) mass is 260 g/mol. The van der Waals surface area contributed by atoms with Crippen molar-refractivity contribution in [1.82, 2.24) is 0 Å². The maximum atomic E-state index is 12.6. The van der Waals surface area contributed by atoms with Crippen LogP contribution in [0, 0.1) is 11.8 Å². The van der Waals surface area contributed by atoms with E-state index in [4.69, 9.17) is 5.73 Å². The Labute approximate surface area is 115 Å². The summed E-state index contributed by atoms with van der Waals surface area (Å²) in [5, 5.41) is 0. The number of rotatable bonds is 3. The molecule has 0 radical (unpaired) electrons. The summed E-state index contributed by atoms with van der Waals surface area (Å²) in [7, 11) is 0. The number of para-hydroxylation sites is 1. The van der Waals surface area contributed by atoms with Crippen LogP contribution in [0.2, 0.25) is 0 Å². The number of hydrogen-bond acceptors (Lipinski definition) is 2. The molecular weight excluding hydrogens is 236 g/mol. The number of carbonyl (C=O) groups is 1. The van der Waals surface area contributed by atoms with E-state index in [1.54, 1.807) is 0 Å². The zero-order chi connectivity index (χ0) is 14.0. The van der Waals surface area contributed by atoms with Gasteiger partial charge >= 0.3 is 0 Å². The molecule has 2 N–H and O–H groups in total. The van der Waals surface area contributed by atoms with E-state index >= 15 is 0 Å². The molecule has 3 nitrogen and oxygen atoms in total. The number of nitrogens with two attached hydrogens (primary N) is 1. The lowest BCUT2D eigenvalue weighted by molar-refractivity contribution is -0.121. The zero-order valence-electron chi connectivity index (χ0n) is 12.1. The van der Waals surface area contributed by atoms with Crippen molar-refractivity contribution in [3.8, 4) is 0 Å². The van der Waals surface area contributed by atoms with Crippen LogP contribution in [0.1, 0.15) is 32.8 Å². The maximum Gasteiger partial charge on any atom is 0.244 e. The Morgan fingerprint density at radius 1 is 1.47 bits per heavy atom. The third kappa shape index (κ3) is 2.81. The Bertz CT molecular complexity index is 458. The van der Waals surface area contributed by atoms with E-state index < -0.39 is 6.04 Å². The molecule has 1 aromatic rings. The lowest BCUT2D eigenvalue weighted by Gasteiger charge is -2.35.